The van der Waals surface area contributed by atoms with Crippen LogP contribution in [0, 0.1) is 0 Å². The van der Waals surface area contributed by atoms with Crippen LogP contribution >= 0.6 is 0 Å². The Balaban J connectivity index is 1.91. The molecule has 9 heteroatoms. The van der Waals surface area contributed by atoms with Crippen molar-refractivity contribution >= 4 is 11.9 Å². The number of benzene rings is 2. The van der Waals surface area contributed by atoms with Crippen LogP contribution in [0.3, 0.4) is 0 Å². The van der Waals surface area contributed by atoms with Gasteiger partial charge in [-0.05, 0) is 42.5 Å². The Hall–Kier alpha value is -3.07. The van der Waals surface area contributed by atoms with E-state index >= 15 is 0 Å². The maximum atomic E-state index is 13.2. The van der Waals surface area contributed by atoms with Crippen molar-refractivity contribution in [2.75, 3.05) is 19.7 Å². The molecule has 0 bridgehead atoms. The number of alkyl halides is 3. The van der Waals surface area contributed by atoms with Crippen molar-refractivity contribution in [3.8, 4) is 5.75 Å². The van der Waals surface area contributed by atoms with E-state index in [-0.39, 0.29) is 32.0 Å². The lowest BCUT2D eigenvalue weighted by molar-refractivity contribution is -0.138. The smallest absolute Gasteiger partial charge is 0.416 e. The fourth-order valence-electron chi connectivity index (χ4n) is 3.77. The molecule has 178 valence electrons. The first-order valence-electron chi connectivity index (χ1n) is 10.8. The van der Waals surface area contributed by atoms with Gasteiger partial charge in [-0.3, -0.25) is 14.5 Å². The number of hydrogen-bond acceptors (Lipinski definition) is 4. The molecule has 2 N–H and O–H groups in total. The summed E-state index contributed by atoms with van der Waals surface area (Å²) in [6, 6.07) is 10.2. The van der Waals surface area contributed by atoms with E-state index in [1.165, 1.54) is 6.07 Å². The average Bonchev–Trinajstić information content (AvgIpc) is 2.74. The highest BCUT2D eigenvalue weighted by Crippen LogP contribution is 2.30. The van der Waals surface area contributed by atoms with Crippen LogP contribution in [0.5, 0.6) is 5.75 Å². The van der Waals surface area contributed by atoms with Gasteiger partial charge < -0.3 is 15.2 Å². The zero-order valence-electron chi connectivity index (χ0n) is 18.2. The number of nitrogens with one attached hydrogen (secondary N) is 1. The van der Waals surface area contributed by atoms with Crippen LogP contribution in [0.1, 0.15) is 41.5 Å². The lowest BCUT2D eigenvalue weighted by atomic mass is 10.1. The first-order chi connectivity index (χ1) is 15.7. The molecular weight excluding hydrogens is 437 g/mol. The molecule has 1 amide bonds. The maximum absolute atomic E-state index is 13.2. The van der Waals surface area contributed by atoms with Crippen LogP contribution in [0.4, 0.5) is 13.2 Å². The highest BCUT2D eigenvalue weighted by atomic mass is 19.4. The predicted octanol–water partition coefficient (Wildman–Crippen LogP) is 4.01. The standard InChI is InChI=1S/C24H27F3N2O4/c25-24(26,27)20-6-4-5-18(12-20)14-29-15-19-11-17(13-23(31)32)7-8-21(19)33-10-3-1-2-9-28-22(30)16-29/h4-8,11-12H,1-3,9-10,13-16H2,(H,28,30)(H,31,32). The number of halogens is 3. The molecule has 1 aliphatic rings. The molecule has 0 spiro atoms. The second-order valence-electron chi connectivity index (χ2n) is 8.11. The van der Waals surface area contributed by atoms with Gasteiger partial charge >= 0.3 is 12.1 Å². The molecule has 0 fully saturated rings. The van der Waals surface area contributed by atoms with Crippen molar-refractivity contribution in [1.82, 2.24) is 10.2 Å². The topological polar surface area (TPSA) is 78.9 Å². The molecule has 33 heavy (non-hydrogen) atoms. The van der Waals surface area contributed by atoms with E-state index in [1.54, 1.807) is 29.2 Å². The molecule has 1 heterocycles. The Morgan fingerprint density at radius 1 is 1.06 bits per heavy atom. The summed E-state index contributed by atoms with van der Waals surface area (Å²) < 4.78 is 45.4. The minimum Gasteiger partial charge on any atom is -0.493 e. The number of amides is 1. The number of fused-ring (bicyclic) bond motifs is 1. The molecule has 3 rings (SSSR count). The summed E-state index contributed by atoms with van der Waals surface area (Å²) in [7, 11) is 0. The zero-order chi connectivity index (χ0) is 23.8. The van der Waals surface area contributed by atoms with Crippen LogP contribution in [-0.4, -0.2) is 41.6 Å². The Kier molecular flexibility index (Phi) is 8.32. The third-order valence-corrected chi connectivity index (χ3v) is 5.30. The zero-order valence-corrected chi connectivity index (χ0v) is 18.2. The van der Waals surface area contributed by atoms with Gasteiger partial charge in [0, 0.05) is 25.2 Å². The summed E-state index contributed by atoms with van der Waals surface area (Å²) in [5, 5.41) is 12.0. The highest BCUT2D eigenvalue weighted by Gasteiger charge is 2.30. The van der Waals surface area contributed by atoms with Gasteiger partial charge in [0.1, 0.15) is 5.75 Å². The number of hydrogen-bond donors (Lipinski definition) is 2. The molecule has 0 radical (unpaired) electrons. The van der Waals surface area contributed by atoms with E-state index in [0.29, 0.717) is 35.6 Å². The fraction of sp³-hybridized carbons (Fsp3) is 0.417. The summed E-state index contributed by atoms with van der Waals surface area (Å²) in [6.07, 6.45) is -2.14. The van der Waals surface area contributed by atoms with Crippen LogP contribution in [0.15, 0.2) is 42.5 Å². The number of aliphatic carboxylic acids is 1. The summed E-state index contributed by atoms with van der Waals surface area (Å²) in [5.74, 6) is -0.607. The van der Waals surface area contributed by atoms with Crippen LogP contribution < -0.4 is 10.1 Å². The van der Waals surface area contributed by atoms with E-state index in [2.05, 4.69) is 5.32 Å². The average molecular weight is 464 g/mol. The van der Waals surface area contributed by atoms with E-state index < -0.39 is 17.7 Å². The molecule has 0 atom stereocenters. The Bertz CT molecular complexity index is 978. The molecule has 6 nitrogen and oxygen atoms in total. The molecular formula is C24H27F3N2O4. The predicted molar refractivity (Wildman–Crippen MR) is 116 cm³/mol. The maximum Gasteiger partial charge on any atom is 0.416 e. The van der Waals surface area contributed by atoms with E-state index in [1.807, 2.05) is 0 Å². The van der Waals surface area contributed by atoms with Gasteiger partial charge in [0.25, 0.3) is 0 Å². The summed E-state index contributed by atoms with van der Waals surface area (Å²) in [4.78, 5) is 25.4. The second kappa shape index (κ2) is 11.2. The lowest BCUT2D eigenvalue weighted by Gasteiger charge is -2.24. The SMILES string of the molecule is O=C(O)Cc1ccc2c(c1)CN(Cc1cccc(C(F)(F)F)c1)CC(=O)NCCCCCO2. The number of carbonyl (C=O) groups is 2. The van der Waals surface area contributed by atoms with E-state index in [4.69, 9.17) is 9.84 Å². The molecule has 2 aromatic carbocycles. The highest BCUT2D eigenvalue weighted by molar-refractivity contribution is 5.78. The van der Waals surface area contributed by atoms with Gasteiger partial charge in [-0.25, -0.2) is 0 Å². The number of ether oxygens (including phenoxy) is 1. The molecule has 0 aliphatic carbocycles. The van der Waals surface area contributed by atoms with Gasteiger partial charge in [-0.15, -0.1) is 0 Å². The van der Waals surface area contributed by atoms with Gasteiger partial charge in [0.05, 0.1) is 25.1 Å². The third-order valence-electron chi connectivity index (χ3n) is 5.30. The molecule has 0 aromatic heterocycles. The first-order valence-corrected chi connectivity index (χ1v) is 10.8. The minimum absolute atomic E-state index is 0.0150. The first kappa shape index (κ1) is 24.6. The van der Waals surface area contributed by atoms with Crippen LogP contribution in [0.2, 0.25) is 0 Å². The molecule has 0 saturated heterocycles. The summed E-state index contributed by atoms with van der Waals surface area (Å²) >= 11 is 0. The monoisotopic (exact) mass is 464 g/mol. The van der Waals surface area contributed by atoms with Gasteiger partial charge in [0.2, 0.25) is 5.91 Å². The molecule has 2 aromatic rings. The molecule has 1 aliphatic heterocycles. The van der Waals surface area contributed by atoms with Crippen LogP contribution in [0.25, 0.3) is 0 Å². The third kappa shape index (κ3) is 7.78. The fourth-order valence-corrected chi connectivity index (χ4v) is 3.77. The van der Waals surface area contributed by atoms with Gasteiger partial charge in [-0.2, -0.15) is 13.2 Å². The number of carbonyl (C=O) groups excluding carboxylic acids is 1. The van der Waals surface area contributed by atoms with E-state index in [9.17, 15) is 22.8 Å². The van der Waals surface area contributed by atoms with E-state index in [0.717, 1.165) is 31.4 Å². The lowest BCUT2D eigenvalue weighted by Crippen LogP contribution is -2.37. The Labute approximate surface area is 190 Å². The quantitative estimate of drug-likeness (QED) is 0.715. The van der Waals surface area contributed by atoms with Crippen molar-refractivity contribution < 1.29 is 32.6 Å². The Morgan fingerprint density at radius 2 is 1.88 bits per heavy atom. The number of rotatable bonds is 4. The van der Waals surface area contributed by atoms with Gasteiger partial charge in [0.15, 0.2) is 0 Å². The van der Waals surface area contributed by atoms with Crippen molar-refractivity contribution in [2.45, 2.75) is 44.9 Å². The van der Waals surface area contributed by atoms with Gasteiger partial charge in [-0.1, -0.05) is 30.3 Å². The molecule has 0 saturated carbocycles. The molecule has 0 unspecified atom stereocenters. The second-order valence-corrected chi connectivity index (χ2v) is 8.11. The largest absolute Gasteiger partial charge is 0.493 e. The summed E-state index contributed by atoms with van der Waals surface area (Å²) in [6.45, 7) is 1.31. The number of nitrogens with zero attached hydrogens (tertiary/aromatic N) is 1. The minimum atomic E-state index is -4.46. The number of carboxylic acids is 1. The summed E-state index contributed by atoms with van der Waals surface area (Å²) in [5.41, 5.74) is 0.944. The number of carboxylic acid groups (broad SMARTS) is 1. The van der Waals surface area contributed by atoms with Crippen molar-refractivity contribution in [3.63, 3.8) is 0 Å². The van der Waals surface area contributed by atoms with Crippen LogP contribution in [-0.2, 0) is 35.3 Å². The normalized spacial score (nSPS) is 16.4. The van der Waals surface area contributed by atoms with Crippen molar-refractivity contribution in [2.24, 2.45) is 0 Å². The Morgan fingerprint density at radius 3 is 2.64 bits per heavy atom. The van der Waals surface area contributed by atoms with Crippen molar-refractivity contribution in [1.29, 1.82) is 0 Å². The van der Waals surface area contributed by atoms with Crippen molar-refractivity contribution in [3.05, 3.63) is 64.7 Å².